The number of urea groups is 1. The second kappa shape index (κ2) is 14.1. The van der Waals surface area contributed by atoms with E-state index < -0.39 is 11.8 Å². The topological polar surface area (TPSA) is 118 Å². The number of likely N-dealkylation sites (tertiary alicyclic amines) is 1. The van der Waals surface area contributed by atoms with Crippen molar-refractivity contribution in [2.24, 2.45) is 5.10 Å². The number of nitrogens with zero attached hydrogens (tertiary/aromatic N) is 3. The molecule has 0 aliphatic carbocycles. The van der Waals surface area contributed by atoms with E-state index in [-0.39, 0.29) is 17.2 Å². The number of pyridine rings is 1. The number of nitrogens with one attached hydrogen (secondary N) is 2. The number of carbonyl (C=O) groups excluding carboxylic acids is 1. The SMILES string of the molecule is COc1cc2c(Oc3ccc(NC(=O)N/N=C/c4c(O)ccc5ccccc45)cc3F)ccnc2cc1OCCCN1CCCC1. The third-order valence-electron chi connectivity index (χ3n) is 7.78. The number of amides is 2. The summed E-state index contributed by atoms with van der Waals surface area (Å²) in [5.41, 5.74) is 3.60. The summed E-state index contributed by atoms with van der Waals surface area (Å²) >= 11 is 0. The molecule has 4 aromatic carbocycles. The summed E-state index contributed by atoms with van der Waals surface area (Å²) in [4.78, 5) is 19.3. The molecule has 2 heterocycles. The van der Waals surface area contributed by atoms with Crippen LogP contribution in [0.4, 0.5) is 14.9 Å². The fraction of sp³-hybridized carbons (Fsp3) is 0.229. The Morgan fingerprint density at radius 3 is 2.67 bits per heavy atom. The molecule has 2 amide bonds. The number of benzene rings is 4. The van der Waals surface area contributed by atoms with Crippen molar-refractivity contribution >= 4 is 39.6 Å². The highest BCUT2D eigenvalue weighted by molar-refractivity contribution is 6.02. The summed E-state index contributed by atoms with van der Waals surface area (Å²) in [6.07, 6.45) is 6.36. The van der Waals surface area contributed by atoms with E-state index in [0.29, 0.717) is 40.3 Å². The number of fused-ring (bicyclic) bond motifs is 2. The highest BCUT2D eigenvalue weighted by atomic mass is 19.1. The van der Waals surface area contributed by atoms with E-state index in [1.54, 1.807) is 43.6 Å². The van der Waals surface area contributed by atoms with Gasteiger partial charge in [-0.3, -0.25) is 4.98 Å². The lowest BCUT2D eigenvalue weighted by Crippen LogP contribution is -2.24. The molecule has 1 aromatic heterocycles. The molecule has 10 nitrogen and oxygen atoms in total. The van der Waals surface area contributed by atoms with Crippen molar-refractivity contribution in [3.8, 4) is 28.7 Å². The standard InChI is InChI=1S/C35H34FN5O5/c1-44-33-20-26-29(21-34(33)45-18-6-17-41-15-4-5-16-41)37-14-13-31(26)46-32-12-10-24(19-28(32)36)39-35(43)40-38-22-27-25-8-3-2-7-23(25)9-11-30(27)42/h2-3,7-14,19-22,42H,4-6,15-18H2,1H3,(H2,39,40,43)/b38-22+. The Bertz CT molecular complexity index is 1890. The molecule has 0 bridgehead atoms. The minimum atomic E-state index is -0.690. The van der Waals surface area contributed by atoms with E-state index in [4.69, 9.17) is 14.2 Å². The molecular formula is C35H34FN5O5. The molecule has 5 aromatic rings. The van der Waals surface area contributed by atoms with Crippen LogP contribution < -0.4 is 25.0 Å². The lowest BCUT2D eigenvalue weighted by molar-refractivity contribution is 0.252. The predicted octanol–water partition coefficient (Wildman–Crippen LogP) is 7.05. The Hall–Kier alpha value is -5.42. The molecule has 11 heteroatoms. The number of hydrogen-bond acceptors (Lipinski definition) is 8. The Balaban J connectivity index is 1.09. The smallest absolute Gasteiger partial charge is 0.339 e. The molecule has 46 heavy (non-hydrogen) atoms. The molecule has 0 atom stereocenters. The molecule has 1 fully saturated rings. The Morgan fingerprint density at radius 2 is 1.85 bits per heavy atom. The van der Waals surface area contributed by atoms with Crippen molar-refractivity contribution in [2.75, 3.05) is 38.7 Å². The Kier molecular flexibility index (Phi) is 9.40. The molecule has 1 aliphatic rings. The van der Waals surface area contributed by atoms with E-state index in [1.165, 1.54) is 31.2 Å². The zero-order valence-electron chi connectivity index (χ0n) is 25.3. The van der Waals surface area contributed by atoms with E-state index >= 15 is 4.39 Å². The maximum Gasteiger partial charge on any atom is 0.339 e. The number of halogens is 1. The van der Waals surface area contributed by atoms with Gasteiger partial charge in [0.1, 0.15) is 11.5 Å². The van der Waals surface area contributed by atoms with Gasteiger partial charge < -0.3 is 29.5 Å². The lowest BCUT2D eigenvalue weighted by atomic mass is 10.0. The minimum absolute atomic E-state index is 0.0276. The third kappa shape index (κ3) is 7.10. The van der Waals surface area contributed by atoms with Gasteiger partial charge in [0, 0.05) is 41.5 Å². The number of phenols is 1. The molecular weight excluding hydrogens is 589 g/mol. The zero-order chi connectivity index (χ0) is 31.9. The van der Waals surface area contributed by atoms with E-state index in [1.807, 2.05) is 24.3 Å². The molecule has 1 saturated heterocycles. The van der Waals surface area contributed by atoms with Gasteiger partial charge >= 0.3 is 6.03 Å². The predicted molar refractivity (Wildman–Crippen MR) is 176 cm³/mol. The number of rotatable bonds is 11. The van der Waals surface area contributed by atoms with Gasteiger partial charge in [-0.1, -0.05) is 30.3 Å². The van der Waals surface area contributed by atoms with Gasteiger partial charge in [-0.05, 0) is 73.5 Å². The number of carbonyl (C=O) groups is 1. The molecule has 3 N–H and O–H groups in total. The van der Waals surface area contributed by atoms with Crippen molar-refractivity contribution in [1.82, 2.24) is 15.3 Å². The molecule has 0 radical (unpaired) electrons. The number of aromatic hydroxyl groups is 1. The molecule has 236 valence electrons. The second-order valence-corrected chi connectivity index (χ2v) is 10.9. The summed E-state index contributed by atoms with van der Waals surface area (Å²) in [6.45, 7) is 3.85. The maximum atomic E-state index is 15.1. The van der Waals surface area contributed by atoms with Crippen LogP contribution in [0.3, 0.4) is 0 Å². The second-order valence-electron chi connectivity index (χ2n) is 10.9. The maximum absolute atomic E-state index is 15.1. The monoisotopic (exact) mass is 623 g/mol. The molecule has 0 saturated carbocycles. The van der Waals surface area contributed by atoms with Crippen LogP contribution in [0.15, 0.2) is 84.1 Å². The van der Waals surface area contributed by atoms with Gasteiger partial charge in [-0.15, -0.1) is 0 Å². The number of methoxy groups -OCH3 is 1. The number of phenolic OH excluding ortho intramolecular Hbond substituents is 1. The van der Waals surface area contributed by atoms with Crippen molar-refractivity contribution < 1.29 is 28.5 Å². The quantitative estimate of drug-likeness (QED) is 0.0820. The Labute approximate surface area is 265 Å². The van der Waals surface area contributed by atoms with E-state index in [9.17, 15) is 9.90 Å². The van der Waals surface area contributed by atoms with Crippen LogP contribution in [0.5, 0.6) is 28.7 Å². The molecule has 0 spiro atoms. The lowest BCUT2D eigenvalue weighted by Gasteiger charge is -2.16. The summed E-state index contributed by atoms with van der Waals surface area (Å²) in [5, 5.41) is 19.0. The minimum Gasteiger partial charge on any atom is -0.507 e. The highest BCUT2D eigenvalue weighted by Crippen LogP contribution is 2.38. The summed E-state index contributed by atoms with van der Waals surface area (Å²) in [7, 11) is 1.56. The summed E-state index contributed by atoms with van der Waals surface area (Å²) < 4.78 is 32.7. The average molecular weight is 624 g/mol. The van der Waals surface area contributed by atoms with E-state index in [2.05, 4.69) is 25.7 Å². The van der Waals surface area contributed by atoms with Gasteiger partial charge in [-0.2, -0.15) is 5.10 Å². The van der Waals surface area contributed by atoms with Crippen LogP contribution in [-0.2, 0) is 0 Å². The first-order valence-corrected chi connectivity index (χ1v) is 15.1. The van der Waals surface area contributed by atoms with Crippen molar-refractivity contribution in [2.45, 2.75) is 19.3 Å². The number of ether oxygens (including phenoxy) is 3. The first kappa shape index (κ1) is 30.6. The average Bonchev–Trinajstić information content (AvgIpc) is 3.59. The number of aromatic nitrogens is 1. The largest absolute Gasteiger partial charge is 0.507 e. The Morgan fingerprint density at radius 1 is 1.00 bits per heavy atom. The van der Waals surface area contributed by atoms with Crippen molar-refractivity contribution in [3.63, 3.8) is 0 Å². The molecule has 1 aliphatic heterocycles. The van der Waals surface area contributed by atoms with Gasteiger partial charge in [-0.25, -0.2) is 14.6 Å². The van der Waals surface area contributed by atoms with Crippen molar-refractivity contribution in [3.05, 3.63) is 90.4 Å². The first-order chi connectivity index (χ1) is 22.5. The first-order valence-electron chi connectivity index (χ1n) is 15.1. The fourth-order valence-electron chi connectivity index (χ4n) is 5.48. The van der Waals surface area contributed by atoms with Crippen molar-refractivity contribution in [1.29, 1.82) is 0 Å². The normalized spacial score (nSPS) is 13.3. The van der Waals surface area contributed by atoms with Gasteiger partial charge in [0.2, 0.25) is 0 Å². The van der Waals surface area contributed by atoms with Gasteiger partial charge in [0.25, 0.3) is 0 Å². The highest BCUT2D eigenvalue weighted by Gasteiger charge is 2.15. The number of hydrogen-bond donors (Lipinski definition) is 3. The van der Waals surface area contributed by atoms with Crippen LogP contribution in [0.1, 0.15) is 24.8 Å². The van der Waals surface area contributed by atoms with Gasteiger partial charge in [0.15, 0.2) is 23.1 Å². The fourth-order valence-corrected chi connectivity index (χ4v) is 5.48. The van der Waals surface area contributed by atoms with Crippen LogP contribution in [0.2, 0.25) is 0 Å². The van der Waals surface area contributed by atoms with Crippen LogP contribution >= 0.6 is 0 Å². The summed E-state index contributed by atoms with van der Waals surface area (Å²) in [6, 6.07) is 19.4. The summed E-state index contributed by atoms with van der Waals surface area (Å²) in [5.74, 6) is 0.795. The number of anilines is 1. The molecule has 6 rings (SSSR count). The van der Waals surface area contributed by atoms with E-state index in [0.717, 1.165) is 42.9 Å². The zero-order valence-corrected chi connectivity index (χ0v) is 25.3. The molecule has 0 unspecified atom stereocenters. The third-order valence-corrected chi connectivity index (χ3v) is 7.78. The van der Waals surface area contributed by atoms with Crippen LogP contribution in [0.25, 0.3) is 21.7 Å². The number of hydrazone groups is 1. The van der Waals surface area contributed by atoms with Crippen LogP contribution in [0, 0.1) is 5.82 Å². The van der Waals surface area contributed by atoms with Crippen LogP contribution in [-0.4, -0.2) is 60.6 Å². The van der Waals surface area contributed by atoms with Gasteiger partial charge in [0.05, 0.1) is 25.4 Å².